The molecule has 34 heavy (non-hydrogen) atoms. The van der Waals surface area contributed by atoms with Gasteiger partial charge in [0.2, 0.25) is 5.91 Å². The van der Waals surface area contributed by atoms with Crippen LogP contribution in [0.4, 0.5) is 5.69 Å². The minimum atomic E-state index is -0.396. The van der Waals surface area contributed by atoms with Crippen LogP contribution in [0.5, 0.6) is 5.75 Å². The number of aromatic amines is 1. The number of anilines is 1. The zero-order valence-corrected chi connectivity index (χ0v) is 18.7. The van der Waals surface area contributed by atoms with Gasteiger partial charge in [-0.3, -0.25) is 19.8 Å². The van der Waals surface area contributed by atoms with Gasteiger partial charge in [0.15, 0.2) is 5.78 Å². The fraction of sp³-hybridized carbons (Fsp3) is 0.231. The normalized spacial score (nSPS) is 18.0. The Labute approximate surface area is 196 Å². The lowest BCUT2D eigenvalue weighted by Gasteiger charge is -2.38. The Morgan fingerprint density at radius 3 is 2.59 bits per heavy atom. The number of benzene rings is 2. The van der Waals surface area contributed by atoms with Crippen LogP contribution in [0.25, 0.3) is 11.3 Å². The summed E-state index contributed by atoms with van der Waals surface area (Å²) in [5.74, 6) is 0.111. The van der Waals surface area contributed by atoms with Crippen molar-refractivity contribution in [3.8, 4) is 17.0 Å². The summed E-state index contributed by atoms with van der Waals surface area (Å²) in [6.45, 7) is 0. The largest absolute Gasteiger partial charge is 0.496 e. The van der Waals surface area contributed by atoms with E-state index in [-0.39, 0.29) is 24.0 Å². The zero-order valence-electron chi connectivity index (χ0n) is 18.7. The average Bonchev–Trinajstić information content (AvgIpc) is 2.86. The van der Waals surface area contributed by atoms with Gasteiger partial charge in [0.05, 0.1) is 18.5 Å². The van der Waals surface area contributed by atoms with Crippen molar-refractivity contribution in [2.45, 2.75) is 31.6 Å². The van der Waals surface area contributed by atoms with Crippen LogP contribution in [-0.2, 0) is 9.59 Å². The van der Waals surface area contributed by atoms with Gasteiger partial charge in [-0.25, -0.2) is 10.1 Å². The van der Waals surface area contributed by atoms with Crippen molar-refractivity contribution in [1.29, 1.82) is 0 Å². The molecule has 1 atom stereocenters. The van der Waals surface area contributed by atoms with Gasteiger partial charge in [-0.05, 0) is 18.9 Å². The van der Waals surface area contributed by atoms with Crippen LogP contribution in [0.15, 0.2) is 76.7 Å². The highest BCUT2D eigenvalue weighted by Gasteiger charge is 2.40. The number of ketones is 1. The van der Waals surface area contributed by atoms with Crippen LogP contribution in [-0.4, -0.2) is 34.0 Å². The first kappa shape index (κ1) is 21.6. The van der Waals surface area contributed by atoms with E-state index in [4.69, 9.17) is 4.74 Å². The molecule has 0 saturated heterocycles. The van der Waals surface area contributed by atoms with Crippen molar-refractivity contribution in [2.24, 2.45) is 0 Å². The fourth-order valence-corrected chi connectivity index (χ4v) is 4.77. The Morgan fingerprint density at radius 2 is 1.79 bits per heavy atom. The molecule has 2 aliphatic rings. The van der Waals surface area contributed by atoms with E-state index in [2.05, 4.69) is 15.6 Å². The van der Waals surface area contributed by atoms with Gasteiger partial charge in [0, 0.05) is 41.5 Å². The molecule has 0 saturated carbocycles. The maximum Gasteiger partial charge on any atom is 0.266 e. The van der Waals surface area contributed by atoms with Crippen molar-refractivity contribution in [3.63, 3.8) is 0 Å². The Hall–Kier alpha value is -4.20. The van der Waals surface area contributed by atoms with Gasteiger partial charge in [0.1, 0.15) is 11.4 Å². The molecule has 1 aromatic heterocycles. The number of Topliss-reactive ketones (excluding diaryl/α,β-unsaturated/α-hetero) is 1. The summed E-state index contributed by atoms with van der Waals surface area (Å²) in [5, 5.41) is 8.10. The summed E-state index contributed by atoms with van der Waals surface area (Å²) in [6, 6.07) is 18.2. The van der Waals surface area contributed by atoms with Crippen LogP contribution >= 0.6 is 0 Å². The van der Waals surface area contributed by atoms with Gasteiger partial charge >= 0.3 is 0 Å². The van der Waals surface area contributed by atoms with Gasteiger partial charge in [0.25, 0.3) is 5.56 Å². The number of methoxy groups -OCH3 is 1. The lowest BCUT2D eigenvalue weighted by atomic mass is 9.77. The van der Waals surface area contributed by atoms with E-state index < -0.39 is 5.56 Å². The van der Waals surface area contributed by atoms with E-state index in [1.54, 1.807) is 7.11 Å². The number of allylic oxidation sites excluding steroid dienone is 2. The number of hydrogen-bond acceptors (Lipinski definition) is 6. The molecule has 2 heterocycles. The molecule has 0 spiro atoms. The molecular formula is C26H24N4O4. The molecule has 5 rings (SSSR count). The number of ether oxygens (including phenoxy) is 1. The van der Waals surface area contributed by atoms with Crippen LogP contribution in [0.2, 0.25) is 0 Å². The monoisotopic (exact) mass is 456 g/mol. The summed E-state index contributed by atoms with van der Waals surface area (Å²) in [4.78, 5) is 38.7. The first-order valence-corrected chi connectivity index (χ1v) is 11.2. The third kappa shape index (κ3) is 3.87. The third-order valence-electron chi connectivity index (χ3n) is 6.28. The predicted molar refractivity (Wildman–Crippen MR) is 127 cm³/mol. The van der Waals surface area contributed by atoms with Crippen molar-refractivity contribution in [1.82, 2.24) is 15.2 Å². The molecule has 0 bridgehead atoms. The Kier molecular flexibility index (Phi) is 5.71. The maximum absolute atomic E-state index is 13.4. The Balaban J connectivity index is 1.60. The number of carbonyl (C=O) groups is 2. The molecule has 0 fully saturated rings. The summed E-state index contributed by atoms with van der Waals surface area (Å²) in [5.41, 5.74) is 6.49. The summed E-state index contributed by atoms with van der Waals surface area (Å²) in [6.07, 6.45) is 1.77. The number of hydrogen-bond donors (Lipinski definition) is 2. The summed E-state index contributed by atoms with van der Waals surface area (Å²) in [7, 11) is 1.58. The molecular weight excluding hydrogens is 432 g/mol. The highest BCUT2D eigenvalue weighted by Crippen LogP contribution is 2.44. The number of hydrazine groups is 1. The smallest absolute Gasteiger partial charge is 0.266 e. The van der Waals surface area contributed by atoms with E-state index in [0.717, 1.165) is 11.1 Å². The van der Waals surface area contributed by atoms with Gasteiger partial charge in [-0.1, -0.05) is 48.5 Å². The predicted octanol–water partition coefficient (Wildman–Crippen LogP) is 3.80. The van der Waals surface area contributed by atoms with E-state index in [1.807, 2.05) is 54.6 Å². The molecule has 8 heteroatoms. The molecule has 0 unspecified atom stereocenters. The maximum atomic E-state index is 13.4. The number of aromatic nitrogens is 2. The Bertz CT molecular complexity index is 1350. The number of para-hydroxylation sites is 1. The van der Waals surface area contributed by atoms with Crippen molar-refractivity contribution < 1.29 is 14.3 Å². The molecule has 2 aromatic carbocycles. The van der Waals surface area contributed by atoms with Crippen molar-refractivity contribution >= 4 is 17.4 Å². The second-order valence-electron chi connectivity index (χ2n) is 8.34. The molecule has 8 nitrogen and oxygen atoms in total. The average molecular weight is 457 g/mol. The molecule has 2 N–H and O–H groups in total. The first-order chi connectivity index (χ1) is 16.6. The topological polar surface area (TPSA) is 104 Å². The minimum Gasteiger partial charge on any atom is -0.496 e. The summed E-state index contributed by atoms with van der Waals surface area (Å²) < 4.78 is 5.53. The van der Waals surface area contributed by atoms with E-state index in [1.165, 1.54) is 11.1 Å². The van der Waals surface area contributed by atoms with E-state index in [9.17, 15) is 14.4 Å². The van der Waals surface area contributed by atoms with Crippen LogP contribution in [0.3, 0.4) is 0 Å². The number of rotatable bonds is 5. The van der Waals surface area contributed by atoms with Crippen LogP contribution in [0.1, 0.15) is 37.2 Å². The zero-order chi connectivity index (χ0) is 23.7. The second-order valence-corrected chi connectivity index (χ2v) is 8.34. The van der Waals surface area contributed by atoms with Crippen LogP contribution in [0, 0.1) is 0 Å². The van der Waals surface area contributed by atoms with Gasteiger partial charge < -0.3 is 4.74 Å². The lowest BCUT2D eigenvalue weighted by molar-refractivity contribution is -0.130. The number of amides is 1. The van der Waals surface area contributed by atoms with E-state index >= 15 is 0 Å². The van der Waals surface area contributed by atoms with Gasteiger partial charge in [-0.15, -0.1) is 0 Å². The Morgan fingerprint density at radius 1 is 1.03 bits per heavy atom. The van der Waals surface area contributed by atoms with Crippen molar-refractivity contribution in [3.05, 3.63) is 87.9 Å². The molecule has 1 aliphatic heterocycles. The standard InChI is InChI=1S/C26H24N4O4/c1-34-22-13-6-5-10-17(22)18-14-24(33)30(20-11-7-12-21(31)25(18)20)29-19-15-23(32)27-28-26(19)16-8-3-2-4-9-16/h2-6,8-10,13,15,18H,7,11-12,14H2,1H3,(H2,27,29,32)/t18-/m0/s1. The molecule has 3 aromatic rings. The minimum absolute atomic E-state index is 0.0313. The molecule has 1 aliphatic carbocycles. The fourth-order valence-electron chi connectivity index (χ4n) is 4.77. The number of nitrogens with one attached hydrogen (secondary N) is 2. The highest BCUT2D eigenvalue weighted by atomic mass is 16.5. The number of carbonyl (C=O) groups excluding carboxylic acids is 2. The SMILES string of the molecule is COc1ccccc1[C@@H]1CC(=O)N(Nc2cc(=O)[nH]nc2-c2ccccc2)C2=C1C(=O)CCC2. The van der Waals surface area contributed by atoms with Gasteiger partial charge in [-0.2, -0.15) is 5.10 Å². The highest BCUT2D eigenvalue weighted by molar-refractivity contribution is 6.02. The van der Waals surface area contributed by atoms with E-state index in [0.29, 0.717) is 47.7 Å². The molecule has 0 radical (unpaired) electrons. The van der Waals surface area contributed by atoms with Crippen molar-refractivity contribution in [2.75, 3.05) is 12.5 Å². The second kappa shape index (κ2) is 8.97. The third-order valence-corrected chi connectivity index (χ3v) is 6.28. The lowest BCUT2D eigenvalue weighted by Crippen LogP contribution is -2.44. The van der Waals surface area contributed by atoms with Crippen LogP contribution < -0.4 is 15.7 Å². The quantitative estimate of drug-likeness (QED) is 0.605. The first-order valence-electron chi connectivity index (χ1n) is 11.2. The number of nitrogens with zero attached hydrogens (tertiary/aromatic N) is 2. The number of H-pyrrole nitrogens is 1. The molecule has 1 amide bonds. The molecule has 172 valence electrons. The summed E-state index contributed by atoms with van der Waals surface area (Å²) >= 11 is 0.